The predicted molar refractivity (Wildman–Crippen MR) is 91.8 cm³/mol. The molecule has 1 aromatic carbocycles. The third-order valence-corrected chi connectivity index (χ3v) is 3.59. The highest BCUT2D eigenvalue weighted by molar-refractivity contribution is 6.01. The van der Waals surface area contributed by atoms with Gasteiger partial charge < -0.3 is 9.72 Å². The molecule has 8 heteroatoms. The molecule has 2 heterocycles. The van der Waals surface area contributed by atoms with E-state index in [0.717, 1.165) is 12.5 Å². The monoisotopic (exact) mass is 339 g/mol. The van der Waals surface area contributed by atoms with Gasteiger partial charge in [0.15, 0.2) is 5.75 Å². The molecule has 0 aliphatic heterocycles. The third-order valence-electron chi connectivity index (χ3n) is 3.59. The van der Waals surface area contributed by atoms with Gasteiger partial charge in [0.1, 0.15) is 11.5 Å². The van der Waals surface area contributed by atoms with Crippen LogP contribution in [-0.2, 0) is 12.8 Å². The van der Waals surface area contributed by atoms with E-state index in [4.69, 9.17) is 4.74 Å². The number of aromatic nitrogens is 4. The maximum absolute atomic E-state index is 12.1. The van der Waals surface area contributed by atoms with E-state index in [-0.39, 0.29) is 22.8 Å². The number of aromatic amines is 2. The van der Waals surface area contributed by atoms with Crippen molar-refractivity contribution in [2.24, 2.45) is 0 Å². The number of nitrogens with one attached hydrogen (secondary N) is 3. The van der Waals surface area contributed by atoms with Crippen LogP contribution >= 0.6 is 0 Å². The Bertz CT molecular complexity index is 917. The molecule has 3 rings (SSSR count). The number of amides is 1. The minimum atomic E-state index is -0.506. The van der Waals surface area contributed by atoms with Gasteiger partial charge in [0.05, 0.1) is 7.11 Å². The lowest BCUT2D eigenvalue weighted by Crippen LogP contribution is -2.18. The molecule has 3 N–H and O–H groups in total. The Morgan fingerprint density at radius 2 is 2.04 bits per heavy atom. The molecule has 0 unspecified atom stereocenters. The molecular weight excluding hydrogens is 322 g/mol. The van der Waals surface area contributed by atoms with Crippen LogP contribution in [0.3, 0.4) is 0 Å². The second-order valence-corrected chi connectivity index (χ2v) is 5.32. The van der Waals surface area contributed by atoms with Gasteiger partial charge in [-0.05, 0) is 12.0 Å². The standard InChI is InChI=1S/C17H17N5O3/c1-25-14-10-18-12(9-13(14)23)16(24)20-17-19-15(21-22-17)8-7-11-5-3-2-4-6-11/h2-6,9-10H,7-8H2,1H3,(H,18,23)(H2,19,20,21,22,24). The second kappa shape index (κ2) is 7.43. The summed E-state index contributed by atoms with van der Waals surface area (Å²) in [6.07, 6.45) is 2.82. The average Bonchev–Trinajstić information content (AvgIpc) is 3.08. The smallest absolute Gasteiger partial charge is 0.274 e. The number of carbonyl (C=O) groups excluding carboxylic acids is 1. The van der Waals surface area contributed by atoms with Crippen molar-refractivity contribution < 1.29 is 9.53 Å². The number of rotatable bonds is 6. The SMILES string of the molecule is COc1c[nH]c(C(=O)Nc2n[nH]c(CCc3ccccc3)n2)cc1=O. The highest BCUT2D eigenvalue weighted by Crippen LogP contribution is 2.07. The summed E-state index contributed by atoms with van der Waals surface area (Å²) in [6.45, 7) is 0. The van der Waals surface area contributed by atoms with E-state index < -0.39 is 5.91 Å². The molecule has 0 spiro atoms. The van der Waals surface area contributed by atoms with Crippen molar-refractivity contribution in [3.05, 3.63) is 69.9 Å². The molecule has 0 atom stereocenters. The van der Waals surface area contributed by atoms with E-state index in [0.29, 0.717) is 12.2 Å². The molecule has 0 saturated carbocycles. The van der Waals surface area contributed by atoms with E-state index in [1.165, 1.54) is 18.9 Å². The Kier molecular flexibility index (Phi) is 4.89. The van der Waals surface area contributed by atoms with Crippen LogP contribution in [0, 0.1) is 0 Å². The maximum Gasteiger partial charge on any atom is 0.274 e. The largest absolute Gasteiger partial charge is 0.491 e. The number of hydrogen-bond donors (Lipinski definition) is 3. The first-order chi connectivity index (χ1) is 12.2. The lowest BCUT2D eigenvalue weighted by atomic mass is 10.1. The zero-order chi connectivity index (χ0) is 17.6. The molecule has 8 nitrogen and oxygen atoms in total. The summed E-state index contributed by atoms with van der Waals surface area (Å²) >= 11 is 0. The topological polar surface area (TPSA) is 113 Å². The van der Waals surface area contributed by atoms with E-state index in [9.17, 15) is 9.59 Å². The predicted octanol–water partition coefficient (Wildman–Crippen LogP) is 1.54. The van der Waals surface area contributed by atoms with Gasteiger partial charge in [-0.2, -0.15) is 4.98 Å². The van der Waals surface area contributed by atoms with Gasteiger partial charge in [-0.25, -0.2) is 0 Å². The highest BCUT2D eigenvalue weighted by Gasteiger charge is 2.12. The first-order valence-electron chi connectivity index (χ1n) is 7.69. The molecule has 1 amide bonds. The van der Waals surface area contributed by atoms with Crippen molar-refractivity contribution in [1.29, 1.82) is 0 Å². The normalized spacial score (nSPS) is 10.4. The van der Waals surface area contributed by atoms with Gasteiger partial charge in [0.25, 0.3) is 5.91 Å². The summed E-state index contributed by atoms with van der Waals surface area (Å²) in [6, 6.07) is 11.2. The fraction of sp³-hybridized carbons (Fsp3) is 0.176. The quantitative estimate of drug-likeness (QED) is 0.630. The third kappa shape index (κ3) is 4.11. The van der Waals surface area contributed by atoms with Gasteiger partial charge in [-0.15, -0.1) is 5.10 Å². The number of methoxy groups -OCH3 is 1. The molecule has 3 aromatic rings. The Labute approximate surface area is 143 Å². The zero-order valence-corrected chi connectivity index (χ0v) is 13.6. The van der Waals surface area contributed by atoms with E-state index in [2.05, 4.69) is 25.5 Å². The van der Waals surface area contributed by atoms with Crippen molar-refractivity contribution in [1.82, 2.24) is 20.2 Å². The molecule has 128 valence electrons. The lowest BCUT2D eigenvalue weighted by molar-refractivity contribution is 0.102. The van der Waals surface area contributed by atoms with Crippen molar-refractivity contribution in [3.8, 4) is 5.75 Å². The number of pyridine rings is 1. The van der Waals surface area contributed by atoms with Gasteiger partial charge in [0, 0.05) is 18.7 Å². The summed E-state index contributed by atoms with van der Waals surface area (Å²) in [5.41, 5.74) is 0.909. The Morgan fingerprint density at radius 3 is 2.76 bits per heavy atom. The zero-order valence-electron chi connectivity index (χ0n) is 13.6. The summed E-state index contributed by atoms with van der Waals surface area (Å²) in [7, 11) is 1.38. The molecule has 25 heavy (non-hydrogen) atoms. The van der Waals surface area contributed by atoms with Gasteiger partial charge in [-0.3, -0.25) is 20.0 Å². The number of nitrogens with zero attached hydrogens (tertiary/aromatic N) is 2. The van der Waals surface area contributed by atoms with Gasteiger partial charge in [-0.1, -0.05) is 30.3 Å². The summed E-state index contributed by atoms with van der Waals surface area (Å²) in [4.78, 5) is 30.8. The number of H-pyrrole nitrogens is 2. The Morgan fingerprint density at radius 1 is 1.24 bits per heavy atom. The average molecular weight is 339 g/mol. The fourth-order valence-corrected chi connectivity index (χ4v) is 2.29. The first kappa shape index (κ1) is 16.4. The molecule has 0 bridgehead atoms. The second-order valence-electron chi connectivity index (χ2n) is 5.32. The van der Waals surface area contributed by atoms with E-state index >= 15 is 0 Å². The number of hydrogen-bond acceptors (Lipinski definition) is 5. The number of ether oxygens (including phenoxy) is 1. The Hall–Kier alpha value is -3.42. The molecule has 0 radical (unpaired) electrons. The van der Waals surface area contributed by atoms with Crippen LogP contribution < -0.4 is 15.5 Å². The summed E-state index contributed by atoms with van der Waals surface area (Å²) in [5, 5.41) is 9.30. The van der Waals surface area contributed by atoms with Crippen LogP contribution in [0.5, 0.6) is 5.75 Å². The molecule has 0 fully saturated rings. The van der Waals surface area contributed by atoms with Crippen molar-refractivity contribution in [2.45, 2.75) is 12.8 Å². The minimum Gasteiger partial charge on any atom is -0.491 e. The van der Waals surface area contributed by atoms with E-state index in [1.54, 1.807) is 0 Å². The van der Waals surface area contributed by atoms with Crippen LogP contribution in [0.4, 0.5) is 5.95 Å². The number of anilines is 1. The maximum atomic E-state index is 12.1. The van der Waals surface area contributed by atoms with Crippen LogP contribution in [-0.4, -0.2) is 33.2 Å². The lowest BCUT2D eigenvalue weighted by Gasteiger charge is -2.02. The Balaban J connectivity index is 1.62. The summed E-state index contributed by atoms with van der Waals surface area (Å²) < 4.78 is 4.86. The van der Waals surface area contributed by atoms with Crippen LogP contribution in [0.15, 0.2) is 47.4 Å². The number of benzene rings is 1. The number of aryl methyl sites for hydroxylation is 2. The summed E-state index contributed by atoms with van der Waals surface area (Å²) in [5.74, 6) is 0.457. The number of carbonyl (C=O) groups is 1. The molecular formula is C17H17N5O3. The molecule has 0 saturated heterocycles. The highest BCUT2D eigenvalue weighted by atomic mass is 16.5. The molecule has 2 aromatic heterocycles. The fourth-order valence-electron chi connectivity index (χ4n) is 2.29. The van der Waals surface area contributed by atoms with Crippen molar-refractivity contribution in [2.75, 3.05) is 12.4 Å². The van der Waals surface area contributed by atoms with Crippen LogP contribution in [0.1, 0.15) is 21.9 Å². The van der Waals surface area contributed by atoms with Gasteiger partial charge >= 0.3 is 0 Å². The van der Waals surface area contributed by atoms with Crippen LogP contribution in [0.2, 0.25) is 0 Å². The van der Waals surface area contributed by atoms with Crippen molar-refractivity contribution in [3.63, 3.8) is 0 Å². The van der Waals surface area contributed by atoms with E-state index in [1.807, 2.05) is 30.3 Å². The minimum absolute atomic E-state index is 0.0986. The van der Waals surface area contributed by atoms with Crippen LogP contribution in [0.25, 0.3) is 0 Å². The van der Waals surface area contributed by atoms with Crippen molar-refractivity contribution >= 4 is 11.9 Å². The first-order valence-corrected chi connectivity index (χ1v) is 7.69. The van der Waals surface area contributed by atoms with Gasteiger partial charge in [0.2, 0.25) is 11.4 Å². The molecule has 0 aliphatic carbocycles. The molecule has 0 aliphatic rings.